The number of hydrogen-bond donors (Lipinski definition) is 0. The highest BCUT2D eigenvalue weighted by molar-refractivity contribution is 5.77. The summed E-state index contributed by atoms with van der Waals surface area (Å²) in [5.74, 6) is 6.18. The van der Waals surface area contributed by atoms with Gasteiger partial charge in [-0.3, -0.25) is 9.59 Å². The van der Waals surface area contributed by atoms with Crippen molar-refractivity contribution in [2.45, 2.75) is 32.5 Å². The number of aromatic nitrogens is 1. The molecule has 0 radical (unpaired) electrons. The van der Waals surface area contributed by atoms with E-state index in [1.165, 1.54) is 18.9 Å². The zero-order chi connectivity index (χ0) is 22.6. The lowest BCUT2D eigenvalue weighted by atomic mass is 10.1. The van der Waals surface area contributed by atoms with E-state index >= 15 is 0 Å². The fraction of sp³-hybridized carbons (Fsp3) is 0.391. The van der Waals surface area contributed by atoms with Gasteiger partial charge >= 0.3 is 6.18 Å². The van der Waals surface area contributed by atoms with E-state index in [0.717, 1.165) is 18.2 Å². The molecule has 1 aromatic carbocycles. The Morgan fingerprint density at radius 3 is 2.48 bits per heavy atom. The molecule has 31 heavy (non-hydrogen) atoms. The monoisotopic (exact) mass is 432 g/mol. The molecule has 1 aliphatic carbocycles. The minimum Gasteiger partial charge on any atom is -0.484 e. The van der Waals surface area contributed by atoms with Crippen LogP contribution in [0, 0.1) is 24.7 Å². The fourth-order valence-electron chi connectivity index (χ4n) is 2.89. The van der Waals surface area contributed by atoms with Crippen LogP contribution in [-0.2, 0) is 11.3 Å². The van der Waals surface area contributed by atoms with E-state index < -0.39 is 25.2 Å². The molecule has 0 atom stereocenters. The third kappa shape index (κ3) is 6.92. The largest absolute Gasteiger partial charge is 0.484 e. The van der Waals surface area contributed by atoms with E-state index in [4.69, 9.17) is 4.74 Å². The van der Waals surface area contributed by atoms with Crippen LogP contribution < -0.4 is 10.3 Å². The Morgan fingerprint density at radius 1 is 1.23 bits per heavy atom. The molecule has 164 valence electrons. The predicted molar refractivity (Wildman–Crippen MR) is 110 cm³/mol. The first-order valence-corrected chi connectivity index (χ1v) is 9.86. The summed E-state index contributed by atoms with van der Waals surface area (Å²) in [6.45, 7) is 0.134. The average Bonchev–Trinajstić information content (AvgIpc) is 3.51. The molecular formula is C23H23F3N2O3. The smallest absolute Gasteiger partial charge is 0.406 e. The summed E-state index contributed by atoms with van der Waals surface area (Å²) in [4.78, 5) is 24.8. The van der Waals surface area contributed by atoms with Gasteiger partial charge in [-0.25, -0.2) is 0 Å². The van der Waals surface area contributed by atoms with Gasteiger partial charge in [-0.1, -0.05) is 24.0 Å². The molecule has 0 aliphatic heterocycles. The summed E-state index contributed by atoms with van der Waals surface area (Å²) < 4.78 is 43.9. The van der Waals surface area contributed by atoms with Crippen molar-refractivity contribution in [1.29, 1.82) is 0 Å². The van der Waals surface area contributed by atoms with Gasteiger partial charge in [-0.15, -0.1) is 0 Å². The molecule has 0 N–H and O–H groups in total. The predicted octanol–water partition coefficient (Wildman–Crippen LogP) is 3.37. The molecule has 1 heterocycles. The Labute approximate surface area is 178 Å². The maximum Gasteiger partial charge on any atom is 0.406 e. The van der Waals surface area contributed by atoms with E-state index in [0.29, 0.717) is 23.1 Å². The number of carbonyl (C=O) groups is 1. The highest BCUT2D eigenvalue weighted by atomic mass is 19.4. The third-order valence-electron chi connectivity index (χ3n) is 4.81. The molecule has 1 fully saturated rings. The summed E-state index contributed by atoms with van der Waals surface area (Å²) >= 11 is 0. The van der Waals surface area contributed by atoms with Crippen LogP contribution in [0.2, 0.25) is 0 Å². The second-order valence-electron chi connectivity index (χ2n) is 7.65. The zero-order valence-electron chi connectivity index (χ0n) is 17.3. The average molecular weight is 432 g/mol. The normalized spacial score (nSPS) is 13.3. The second kappa shape index (κ2) is 9.29. The van der Waals surface area contributed by atoms with E-state index in [-0.39, 0.29) is 11.3 Å². The van der Waals surface area contributed by atoms with E-state index in [1.54, 1.807) is 17.6 Å². The molecule has 3 rings (SSSR count). The van der Waals surface area contributed by atoms with Gasteiger partial charge < -0.3 is 14.2 Å². The third-order valence-corrected chi connectivity index (χ3v) is 4.81. The zero-order valence-corrected chi connectivity index (χ0v) is 17.3. The molecule has 5 nitrogen and oxygen atoms in total. The van der Waals surface area contributed by atoms with Crippen molar-refractivity contribution >= 4 is 5.91 Å². The molecule has 0 bridgehead atoms. The summed E-state index contributed by atoms with van der Waals surface area (Å²) in [7, 11) is 1.05. The minimum absolute atomic E-state index is 0.137. The number of nitrogens with zero attached hydrogens (tertiary/aromatic N) is 2. The number of amides is 1. The summed E-state index contributed by atoms with van der Waals surface area (Å²) in [6, 6.07) is 10.5. The molecule has 2 aromatic rings. The molecule has 1 amide bonds. The van der Waals surface area contributed by atoms with Crippen molar-refractivity contribution in [2.75, 3.05) is 20.2 Å². The summed E-state index contributed by atoms with van der Waals surface area (Å²) in [5, 5.41) is 0. The molecule has 0 spiro atoms. The van der Waals surface area contributed by atoms with Crippen molar-refractivity contribution in [3.05, 3.63) is 63.6 Å². The highest BCUT2D eigenvalue weighted by Crippen LogP contribution is 2.27. The van der Waals surface area contributed by atoms with Crippen LogP contribution >= 0.6 is 0 Å². The van der Waals surface area contributed by atoms with Gasteiger partial charge in [0.2, 0.25) is 0 Å². The summed E-state index contributed by atoms with van der Waals surface area (Å²) in [6.07, 6.45) is -2.14. The quantitative estimate of drug-likeness (QED) is 0.658. The Bertz CT molecular complexity index is 1060. The van der Waals surface area contributed by atoms with Crippen LogP contribution in [0.1, 0.15) is 29.7 Å². The van der Waals surface area contributed by atoms with E-state index in [2.05, 4.69) is 11.8 Å². The first-order chi connectivity index (χ1) is 14.6. The van der Waals surface area contributed by atoms with Crippen molar-refractivity contribution in [3.8, 4) is 17.6 Å². The number of alkyl halides is 3. The SMILES string of the molecule is Cc1cc(OCC(=O)N(C)CC(F)(F)F)cc(=O)n1Cc1ccc(C#CC2CC2)cc1. The maximum atomic E-state index is 12.5. The van der Waals surface area contributed by atoms with Gasteiger partial charge in [0.15, 0.2) is 6.61 Å². The van der Waals surface area contributed by atoms with Gasteiger partial charge in [0.05, 0.1) is 6.54 Å². The van der Waals surface area contributed by atoms with Crippen LogP contribution in [0.4, 0.5) is 13.2 Å². The molecule has 0 unspecified atom stereocenters. The lowest BCUT2D eigenvalue weighted by molar-refractivity contribution is -0.159. The first kappa shape index (κ1) is 22.5. The molecule has 1 aliphatic rings. The number of halogens is 3. The minimum atomic E-state index is -4.48. The van der Waals surface area contributed by atoms with Crippen LogP contribution in [0.25, 0.3) is 0 Å². The topological polar surface area (TPSA) is 51.5 Å². The van der Waals surface area contributed by atoms with Crippen LogP contribution in [0.5, 0.6) is 5.75 Å². The Balaban J connectivity index is 1.62. The van der Waals surface area contributed by atoms with Gasteiger partial charge in [-0.2, -0.15) is 13.2 Å². The fourth-order valence-corrected chi connectivity index (χ4v) is 2.89. The molecule has 8 heteroatoms. The maximum absolute atomic E-state index is 12.5. The van der Waals surface area contributed by atoms with Gasteiger partial charge in [0, 0.05) is 30.3 Å². The number of carbonyl (C=O) groups excluding carboxylic acids is 1. The number of likely N-dealkylation sites (N-methyl/N-ethyl adjacent to an activating group) is 1. The number of aryl methyl sites for hydroxylation is 1. The number of pyridine rings is 1. The Hall–Kier alpha value is -3.21. The van der Waals surface area contributed by atoms with E-state index in [1.807, 2.05) is 24.3 Å². The number of hydrogen-bond acceptors (Lipinski definition) is 3. The van der Waals surface area contributed by atoms with Crippen molar-refractivity contribution in [3.63, 3.8) is 0 Å². The van der Waals surface area contributed by atoms with Gasteiger partial charge in [-0.05, 0) is 43.5 Å². The molecule has 1 saturated carbocycles. The Morgan fingerprint density at radius 2 is 1.90 bits per heavy atom. The lowest BCUT2D eigenvalue weighted by Gasteiger charge is -2.19. The molecule has 0 saturated heterocycles. The van der Waals surface area contributed by atoms with Crippen molar-refractivity contribution in [1.82, 2.24) is 9.47 Å². The second-order valence-corrected chi connectivity index (χ2v) is 7.65. The summed E-state index contributed by atoms with van der Waals surface area (Å²) in [5.41, 5.74) is 2.14. The van der Waals surface area contributed by atoms with Gasteiger partial charge in [0.25, 0.3) is 11.5 Å². The Kier molecular flexibility index (Phi) is 6.74. The van der Waals surface area contributed by atoms with Crippen molar-refractivity contribution < 1.29 is 22.7 Å². The number of benzene rings is 1. The highest BCUT2D eigenvalue weighted by Gasteiger charge is 2.31. The van der Waals surface area contributed by atoms with Gasteiger partial charge in [0.1, 0.15) is 12.3 Å². The lowest BCUT2D eigenvalue weighted by Crippen LogP contribution is -2.38. The van der Waals surface area contributed by atoms with Crippen LogP contribution in [0.3, 0.4) is 0 Å². The standard InChI is InChI=1S/C23H23F3N2O3/c1-16-11-20(31-14-22(30)27(2)15-23(24,25)26)12-21(29)28(16)13-19-9-7-18(8-10-19)6-5-17-3-4-17/h7-12,17H,3-4,13-15H2,1-2H3. The van der Waals surface area contributed by atoms with E-state index in [9.17, 15) is 22.8 Å². The van der Waals surface area contributed by atoms with Crippen molar-refractivity contribution in [2.24, 2.45) is 5.92 Å². The molecule has 1 aromatic heterocycles. The first-order valence-electron chi connectivity index (χ1n) is 9.86. The van der Waals surface area contributed by atoms with Crippen LogP contribution in [-0.4, -0.2) is 41.7 Å². The number of rotatable bonds is 6. The molecular weight excluding hydrogens is 409 g/mol. The number of ether oxygens (including phenoxy) is 1. The van der Waals surface area contributed by atoms with Crippen LogP contribution in [0.15, 0.2) is 41.2 Å².